The minimum Gasteiger partial charge on any atom is -0.456 e. The van der Waals surface area contributed by atoms with E-state index in [2.05, 4.69) is 5.32 Å². The highest BCUT2D eigenvalue weighted by Gasteiger charge is 2.18. The molecule has 3 aromatic carbocycles. The van der Waals surface area contributed by atoms with Gasteiger partial charge in [0, 0.05) is 11.1 Å². The molecule has 0 spiro atoms. The maximum absolute atomic E-state index is 12.4. The Morgan fingerprint density at radius 1 is 0.933 bits per heavy atom. The van der Waals surface area contributed by atoms with Gasteiger partial charge in [0.25, 0.3) is 5.91 Å². The first-order valence-electron chi connectivity index (χ1n) is 9.49. The van der Waals surface area contributed by atoms with Crippen LogP contribution >= 0.6 is 0 Å². The molecule has 7 heteroatoms. The summed E-state index contributed by atoms with van der Waals surface area (Å²) >= 11 is 0. The first-order valence-corrected chi connectivity index (χ1v) is 11.1. The van der Waals surface area contributed by atoms with Crippen molar-refractivity contribution in [2.24, 2.45) is 0 Å². The van der Waals surface area contributed by atoms with Gasteiger partial charge in [0.1, 0.15) is 0 Å². The monoisotopic (exact) mass is 425 g/mol. The molecule has 0 aliphatic rings. The number of hydrogen-bond donors (Lipinski definition) is 1. The normalized spacial score (nSPS) is 11.3. The Kier molecular flexibility index (Phi) is 6.52. The Balaban J connectivity index is 1.52. The van der Waals surface area contributed by atoms with Gasteiger partial charge >= 0.3 is 5.97 Å². The van der Waals surface area contributed by atoms with Crippen LogP contribution in [0.5, 0.6) is 0 Å². The summed E-state index contributed by atoms with van der Waals surface area (Å²) in [6.07, 6.45) is -0.323. The maximum Gasteiger partial charge on any atom is 0.307 e. The highest BCUT2D eigenvalue weighted by molar-refractivity contribution is 7.91. The zero-order valence-corrected chi connectivity index (χ0v) is 17.7. The van der Waals surface area contributed by atoms with Crippen LogP contribution in [0.1, 0.15) is 17.5 Å². The average Bonchev–Trinajstić information content (AvgIpc) is 2.73. The van der Waals surface area contributed by atoms with Gasteiger partial charge in [-0.3, -0.25) is 9.59 Å². The molecule has 0 aliphatic carbocycles. The summed E-state index contributed by atoms with van der Waals surface area (Å²) in [6, 6.07) is 18.0. The molecule has 0 saturated heterocycles. The smallest absolute Gasteiger partial charge is 0.307 e. The van der Waals surface area contributed by atoms with Crippen molar-refractivity contribution in [1.29, 1.82) is 0 Å². The second kappa shape index (κ2) is 9.09. The molecule has 0 fully saturated rings. The Hall–Kier alpha value is -3.19. The van der Waals surface area contributed by atoms with E-state index in [4.69, 9.17) is 4.74 Å². The Labute approximate surface area is 175 Å². The zero-order valence-electron chi connectivity index (χ0n) is 16.8. The molecule has 6 nitrogen and oxygen atoms in total. The number of rotatable bonds is 7. The van der Waals surface area contributed by atoms with Crippen LogP contribution in [0.3, 0.4) is 0 Å². The van der Waals surface area contributed by atoms with Gasteiger partial charge in [0.05, 0.1) is 17.1 Å². The summed E-state index contributed by atoms with van der Waals surface area (Å²) in [6.45, 7) is 3.25. The number of nitrogens with one attached hydrogen (secondary N) is 1. The molecule has 0 aromatic heterocycles. The summed E-state index contributed by atoms with van der Waals surface area (Å²) in [5.41, 5.74) is 2.47. The number of anilines is 1. The van der Waals surface area contributed by atoms with Crippen LogP contribution < -0.4 is 5.32 Å². The predicted octanol–water partition coefficient (Wildman–Crippen LogP) is 3.80. The first kappa shape index (κ1) is 21.5. The molecule has 0 atom stereocenters. The van der Waals surface area contributed by atoms with E-state index in [0.29, 0.717) is 5.69 Å². The van der Waals surface area contributed by atoms with Crippen LogP contribution in [0.25, 0.3) is 10.8 Å². The van der Waals surface area contributed by atoms with E-state index >= 15 is 0 Å². The number of sulfone groups is 1. The average molecular weight is 426 g/mol. The molecule has 0 unspecified atom stereocenters. The van der Waals surface area contributed by atoms with Gasteiger partial charge in [-0.25, -0.2) is 8.42 Å². The standard InChI is InChI=1S/C23H23NO5S/c1-16-10-11-19(14-17(16)2)30(27,28)13-12-23(26)29-15-22(25)24-21-9-5-7-18-6-3-4-8-20(18)21/h3-11,14H,12-13,15H2,1-2H3,(H,24,25). The van der Waals surface area contributed by atoms with Crippen LogP contribution in [0.15, 0.2) is 65.6 Å². The highest BCUT2D eigenvalue weighted by Crippen LogP contribution is 2.23. The molecule has 30 heavy (non-hydrogen) atoms. The van der Waals surface area contributed by atoms with Crippen LogP contribution in [0.2, 0.25) is 0 Å². The van der Waals surface area contributed by atoms with E-state index in [9.17, 15) is 18.0 Å². The van der Waals surface area contributed by atoms with Crippen molar-refractivity contribution >= 4 is 38.2 Å². The molecular formula is C23H23NO5S. The quantitative estimate of drug-likeness (QED) is 0.582. The molecule has 1 amide bonds. The number of fused-ring (bicyclic) bond motifs is 1. The lowest BCUT2D eigenvalue weighted by atomic mass is 10.1. The first-order chi connectivity index (χ1) is 14.3. The lowest BCUT2D eigenvalue weighted by Crippen LogP contribution is -2.22. The Morgan fingerprint density at radius 2 is 1.67 bits per heavy atom. The summed E-state index contributed by atoms with van der Waals surface area (Å²) in [5, 5.41) is 4.57. The third-order valence-corrected chi connectivity index (χ3v) is 6.55. The molecule has 0 radical (unpaired) electrons. The van der Waals surface area contributed by atoms with Crippen molar-refractivity contribution in [3.8, 4) is 0 Å². The third-order valence-electron chi connectivity index (χ3n) is 4.84. The number of carbonyl (C=O) groups is 2. The number of carbonyl (C=O) groups excluding carboxylic acids is 2. The molecule has 1 N–H and O–H groups in total. The molecular weight excluding hydrogens is 402 g/mol. The minimum absolute atomic E-state index is 0.173. The second-order valence-corrected chi connectivity index (χ2v) is 9.16. The molecule has 0 bridgehead atoms. The third kappa shape index (κ3) is 5.24. The van der Waals surface area contributed by atoms with Crippen LogP contribution in [0, 0.1) is 13.8 Å². The zero-order chi connectivity index (χ0) is 21.7. The van der Waals surface area contributed by atoms with Crippen LogP contribution in [-0.4, -0.2) is 32.7 Å². The van der Waals surface area contributed by atoms with Crippen molar-refractivity contribution in [2.75, 3.05) is 17.7 Å². The number of ether oxygens (including phenoxy) is 1. The topological polar surface area (TPSA) is 89.5 Å². The van der Waals surface area contributed by atoms with E-state index < -0.39 is 28.3 Å². The minimum atomic E-state index is -3.61. The maximum atomic E-state index is 12.4. The number of amides is 1. The fourth-order valence-electron chi connectivity index (χ4n) is 2.98. The van der Waals surface area contributed by atoms with Gasteiger partial charge in [-0.15, -0.1) is 0 Å². The number of aryl methyl sites for hydroxylation is 2. The molecule has 156 valence electrons. The van der Waals surface area contributed by atoms with E-state index in [1.165, 1.54) is 6.07 Å². The van der Waals surface area contributed by atoms with Gasteiger partial charge in [0.15, 0.2) is 16.4 Å². The van der Waals surface area contributed by atoms with E-state index in [1.807, 2.05) is 50.2 Å². The molecule has 3 aromatic rings. The van der Waals surface area contributed by atoms with Crippen molar-refractivity contribution in [3.63, 3.8) is 0 Å². The van der Waals surface area contributed by atoms with Crippen molar-refractivity contribution < 1.29 is 22.7 Å². The molecule has 0 saturated carbocycles. The Morgan fingerprint density at radius 3 is 2.43 bits per heavy atom. The van der Waals surface area contributed by atoms with Gasteiger partial charge < -0.3 is 10.1 Å². The fourth-order valence-corrected chi connectivity index (χ4v) is 4.28. The number of benzene rings is 3. The van der Waals surface area contributed by atoms with E-state index in [0.717, 1.165) is 21.9 Å². The van der Waals surface area contributed by atoms with Crippen LogP contribution in [-0.2, 0) is 24.2 Å². The second-order valence-electron chi connectivity index (χ2n) is 7.05. The Bertz CT molecular complexity index is 1200. The highest BCUT2D eigenvalue weighted by atomic mass is 32.2. The van der Waals surface area contributed by atoms with E-state index in [-0.39, 0.29) is 17.1 Å². The van der Waals surface area contributed by atoms with Gasteiger partial charge in [-0.05, 0) is 48.6 Å². The predicted molar refractivity (Wildman–Crippen MR) is 116 cm³/mol. The van der Waals surface area contributed by atoms with Crippen LogP contribution in [0.4, 0.5) is 5.69 Å². The fraction of sp³-hybridized carbons (Fsp3) is 0.217. The van der Waals surface area contributed by atoms with Crippen molar-refractivity contribution in [1.82, 2.24) is 0 Å². The van der Waals surface area contributed by atoms with Gasteiger partial charge in [-0.2, -0.15) is 0 Å². The van der Waals surface area contributed by atoms with Gasteiger partial charge in [-0.1, -0.05) is 42.5 Å². The SMILES string of the molecule is Cc1ccc(S(=O)(=O)CCC(=O)OCC(=O)Nc2cccc3ccccc23)cc1C. The van der Waals surface area contributed by atoms with Gasteiger partial charge in [0.2, 0.25) is 0 Å². The summed E-state index contributed by atoms with van der Waals surface area (Å²) in [4.78, 5) is 24.3. The number of hydrogen-bond acceptors (Lipinski definition) is 5. The lowest BCUT2D eigenvalue weighted by molar-refractivity contribution is -0.146. The largest absolute Gasteiger partial charge is 0.456 e. The summed E-state index contributed by atoms with van der Waals surface area (Å²) in [7, 11) is -3.61. The summed E-state index contributed by atoms with van der Waals surface area (Å²) in [5.74, 6) is -1.61. The van der Waals surface area contributed by atoms with E-state index in [1.54, 1.807) is 18.2 Å². The molecule has 0 heterocycles. The lowest BCUT2D eigenvalue weighted by Gasteiger charge is -2.10. The summed E-state index contributed by atoms with van der Waals surface area (Å²) < 4.78 is 29.8. The molecule has 3 rings (SSSR count). The van der Waals surface area contributed by atoms with Crippen molar-refractivity contribution in [2.45, 2.75) is 25.2 Å². The van der Waals surface area contributed by atoms with Crippen molar-refractivity contribution in [3.05, 3.63) is 71.8 Å². The molecule has 0 aliphatic heterocycles. The number of esters is 1.